The summed E-state index contributed by atoms with van der Waals surface area (Å²) < 4.78 is 5.26. The second-order valence-electron chi connectivity index (χ2n) is 4.11. The van der Waals surface area contributed by atoms with Gasteiger partial charge in [-0.3, -0.25) is 4.79 Å². The van der Waals surface area contributed by atoms with E-state index in [9.17, 15) is 4.79 Å². The molecule has 0 aliphatic carbocycles. The summed E-state index contributed by atoms with van der Waals surface area (Å²) in [5.74, 6) is -0.368. The molecule has 0 bridgehead atoms. The van der Waals surface area contributed by atoms with Crippen LogP contribution in [0.2, 0.25) is 0 Å². The number of hydrogen-bond donors (Lipinski definition) is 2. The van der Waals surface area contributed by atoms with Crippen LogP contribution in [-0.2, 0) is 4.79 Å². The first kappa shape index (κ1) is 13.5. The second-order valence-corrected chi connectivity index (χ2v) is 4.11. The van der Waals surface area contributed by atoms with Gasteiger partial charge in [0, 0.05) is 18.2 Å². The van der Waals surface area contributed by atoms with Crippen molar-refractivity contribution in [2.75, 3.05) is 13.7 Å². The Bertz CT molecular complexity index is 379. The maximum atomic E-state index is 10.7. The van der Waals surface area contributed by atoms with Crippen LogP contribution in [0.25, 0.3) is 0 Å². The zero-order chi connectivity index (χ0) is 12.8. The topological polar surface area (TPSA) is 58.6 Å². The summed E-state index contributed by atoms with van der Waals surface area (Å²) in [4.78, 5) is 10.7. The number of hydrogen-bond acceptors (Lipinski definition) is 3. The van der Waals surface area contributed by atoms with Gasteiger partial charge in [0.2, 0.25) is 0 Å². The lowest BCUT2D eigenvalue weighted by molar-refractivity contribution is -0.140. The molecule has 0 radical (unpaired) electrons. The second kappa shape index (κ2) is 6.25. The predicted octanol–water partition coefficient (Wildman–Crippen LogP) is 2.07. The van der Waals surface area contributed by atoms with E-state index in [-0.39, 0.29) is 6.04 Å². The summed E-state index contributed by atoms with van der Waals surface area (Å²) in [5.41, 5.74) is 1.03. The molecule has 1 rings (SSSR count). The molecule has 94 valence electrons. The van der Waals surface area contributed by atoms with E-state index in [1.165, 1.54) is 0 Å². The van der Waals surface area contributed by atoms with E-state index < -0.39 is 11.9 Å². The Morgan fingerprint density at radius 2 is 2.06 bits per heavy atom. The molecule has 0 saturated carbocycles. The zero-order valence-corrected chi connectivity index (χ0v) is 10.4. The van der Waals surface area contributed by atoms with Crippen LogP contribution in [0.1, 0.15) is 25.5 Å². The van der Waals surface area contributed by atoms with Gasteiger partial charge in [-0.2, -0.15) is 0 Å². The van der Waals surface area contributed by atoms with Crippen molar-refractivity contribution in [3.05, 3.63) is 29.8 Å². The summed E-state index contributed by atoms with van der Waals surface area (Å²) in [6.07, 6.45) is 0. The van der Waals surface area contributed by atoms with Crippen molar-refractivity contribution < 1.29 is 14.6 Å². The largest absolute Gasteiger partial charge is 0.496 e. The number of methoxy groups -OCH3 is 1. The molecule has 4 nitrogen and oxygen atoms in total. The standard InChI is InChI=1S/C13H19NO3/c1-9(13(15)16)8-14-10(2)11-6-4-5-7-12(11)17-3/h4-7,9-10,14H,8H2,1-3H3,(H,15,16)/t9?,10-/m1/s1. The van der Waals surface area contributed by atoms with E-state index in [2.05, 4.69) is 5.32 Å². The molecule has 1 unspecified atom stereocenters. The average molecular weight is 237 g/mol. The van der Waals surface area contributed by atoms with Gasteiger partial charge in [-0.15, -0.1) is 0 Å². The first-order valence-electron chi connectivity index (χ1n) is 5.65. The predicted molar refractivity (Wildman–Crippen MR) is 66.2 cm³/mol. The molecule has 0 heterocycles. The molecule has 2 atom stereocenters. The third-order valence-corrected chi connectivity index (χ3v) is 2.76. The number of aliphatic carboxylic acids is 1. The van der Waals surface area contributed by atoms with Gasteiger partial charge >= 0.3 is 5.97 Å². The third kappa shape index (κ3) is 3.75. The Balaban J connectivity index is 2.63. The van der Waals surface area contributed by atoms with Gasteiger partial charge in [0.15, 0.2) is 0 Å². The molecule has 0 saturated heterocycles. The monoisotopic (exact) mass is 237 g/mol. The molecule has 1 aromatic carbocycles. The molecule has 2 N–H and O–H groups in total. The summed E-state index contributed by atoms with van der Waals surface area (Å²) in [6, 6.07) is 7.79. The lowest BCUT2D eigenvalue weighted by Gasteiger charge is -2.18. The van der Waals surface area contributed by atoms with Crippen molar-refractivity contribution in [2.24, 2.45) is 5.92 Å². The van der Waals surface area contributed by atoms with Crippen LogP contribution in [-0.4, -0.2) is 24.7 Å². The van der Waals surface area contributed by atoms with Crippen molar-refractivity contribution in [1.82, 2.24) is 5.32 Å². The van der Waals surface area contributed by atoms with Crippen molar-refractivity contribution in [2.45, 2.75) is 19.9 Å². The first-order chi connectivity index (χ1) is 8.06. The highest BCUT2D eigenvalue weighted by Crippen LogP contribution is 2.24. The van der Waals surface area contributed by atoms with Gasteiger partial charge < -0.3 is 15.2 Å². The third-order valence-electron chi connectivity index (χ3n) is 2.76. The van der Waals surface area contributed by atoms with Gasteiger partial charge in [-0.1, -0.05) is 25.1 Å². The Hall–Kier alpha value is -1.55. The average Bonchev–Trinajstić information content (AvgIpc) is 2.35. The highest BCUT2D eigenvalue weighted by Gasteiger charge is 2.14. The summed E-state index contributed by atoms with van der Waals surface area (Å²) >= 11 is 0. The van der Waals surface area contributed by atoms with E-state index in [1.807, 2.05) is 31.2 Å². The molecular formula is C13H19NO3. The Labute approximate surface area is 102 Å². The smallest absolute Gasteiger partial charge is 0.307 e. The fraction of sp³-hybridized carbons (Fsp3) is 0.462. The quantitative estimate of drug-likeness (QED) is 0.795. The van der Waals surface area contributed by atoms with E-state index in [0.717, 1.165) is 11.3 Å². The van der Waals surface area contributed by atoms with Crippen LogP contribution in [0.5, 0.6) is 5.75 Å². The van der Waals surface area contributed by atoms with Gasteiger partial charge in [0.05, 0.1) is 13.0 Å². The SMILES string of the molecule is COc1ccccc1[C@@H](C)NCC(C)C(=O)O. The molecule has 0 aromatic heterocycles. The van der Waals surface area contributed by atoms with Gasteiger partial charge in [0.25, 0.3) is 0 Å². The van der Waals surface area contributed by atoms with Gasteiger partial charge in [-0.05, 0) is 13.0 Å². The molecule has 1 aromatic rings. The minimum atomic E-state index is -0.787. The van der Waals surface area contributed by atoms with E-state index in [4.69, 9.17) is 9.84 Å². The number of carbonyl (C=O) groups is 1. The minimum absolute atomic E-state index is 0.0629. The lowest BCUT2D eigenvalue weighted by Crippen LogP contribution is -2.28. The highest BCUT2D eigenvalue weighted by atomic mass is 16.5. The summed E-state index contributed by atoms with van der Waals surface area (Å²) in [5, 5.41) is 12.0. The maximum Gasteiger partial charge on any atom is 0.307 e. The maximum absolute atomic E-state index is 10.7. The van der Waals surface area contributed by atoms with Crippen molar-refractivity contribution in [3.8, 4) is 5.75 Å². The molecule has 0 spiro atoms. The van der Waals surface area contributed by atoms with Crippen molar-refractivity contribution in [1.29, 1.82) is 0 Å². The summed E-state index contributed by atoms with van der Waals surface area (Å²) in [7, 11) is 1.63. The van der Waals surface area contributed by atoms with Crippen LogP contribution >= 0.6 is 0 Å². The zero-order valence-electron chi connectivity index (χ0n) is 10.4. The minimum Gasteiger partial charge on any atom is -0.496 e. The molecule has 0 amide bonds. The molecule has 0 aliphatic rings. The number of rotatable bonds is 6. The molecule has 4 heteroatoms. The van der Waals surface area contributed by atoms with Gasteiger partial charge in [-0.25, -0.2) is 0 Å². The lowest BCUT2D eigenvalue weighted by atomic mass is 10.1. The number of nitrogens with one attached hydrogen (secondary N) is 1. The highest BCUT2D eigenvalue weighted by molar-refractivity contribution is 5.69. The van der Waals surface area contributed by atoms with E-state index >= 15 is 0 Å². The normalized spacial score (nSPS) is 14.1. The van der Waals surface area contributed by atoms with Crippen LogP contribution in [0.15, 0.2) is 24.3 Å². The number of ether oxygens (including phenoxy) is 1. The summed E-state index contributed by atoms with van der Waals surface area (Å²) in [6.45, 7) is 4.12. The molecule has 17 heavy (non-hydrogen) atoms. The van der Waals surface area contributed by atoms with Crippen LogP contribution in [0, 0.1) is 5.92 Å². The molecular weight excluding hydrogens is 218 g/mol. The van der Waals surface area contributed by atoms with E-state index in [1.54, 1.807) is 14.0 Å². The Morgan fingerprint density at radius 1 is 1.41 bits per heavy atom. The molecule has 0 fully saturated rings. The van der Waals surface area contributed by atoms with Crippen LogP contribution in [0.3, 0.4) is 0 Å². The van der Waals surface area contributed by atoms with E-state index in [0.29, 0.717) is 6.54 Å². The molecule has 0 aliphatic heterocycles. The van der Waals surface area contributed by atoms with Crippen molar-refractivity contribution >= 4 is 5.97 Å². The Kier molecular flexibility index (Phi) is 4.97. The first-order valence-corrected chi connectivity index (χ1v) is 5.65. The fourth-order valence-electron chi connectivity index (χ4n) is 1.57. The Morgan fingerprint density at radius 3 is 2.65 bits per heavy atom. The van der Waals surface area contributed by atoms with Crippen LogP contribution < -0.4 is 10.1 Å². The number of para-hydroxylation sites is 1. The fourth-order valence-corrected chi connectivity index (χ4v) is 1.57. The number of carboxylic acids is 1. The van der Waals surface area contributed by atoms with Crippen molar-refractivity contribution in [3.63, 3.8) is 0 Å². The van der Waals surface area contributed by atoms with Crippen LogP contribution in [0.4, 0.5) is 0 Å². The van der Waals surface area contributed by atoms with Gasteiger partial charge in [0.1, 0.15) is 5.75 Å². The number of benzene rings is 1. The number of carboxylic acid groups (broad SMARTS) is 1.